The summed E-state index contributed by atoms with van der Waals surface area (Å²) in [6.07, 6.45) is 11.3. The van der Waals surface area contributed by atoms with Gasteiger partial charge in [0.05, 0.1) is 16.6 Å². The lowest BCUT2D eigenvalue weighted by Gasteiger charge is -2.35. The minimum absolute atomic E-state index is 0.0721. The standard InChI is InChI=1S/C32H34ClN3O4S/c33-22-13-15-24(16-14-22)35-20-9-17-32-27(30(39)36(28(32)31(35)40)18-6-1-2-7-21-37)26-25(41-32)12-8-19-34(29(26)38)23-10-4-3-5-11-23/h3-5,8-17,25-28,37H,1-2,6-7,18-21H2/t25-,26+,27+,28?,32+/m1/s1. The van der Waals surface area contributed by atoms with Gasteiger partial charge in [0.2, 0.25) is 11.8 Å². The van der Waals surface area contributed by atoms with Crippen molar-refractivity contribution in [2.75, 3.05) is 36.0 Å². The molecule has 0 bridgehead atoms. The summed E-state index contributed by atoms with van der Waals surface area (Å²) in [7, 11) is 0. The molecular weight excluding hydrogens is 558 g/mol. The number of para-hydroxylation sites is 1. The van der Waals surface area contributed by atoms with Crippen molar-refractivity contribution in [1.82, 2.24) is 4.90 Å². The van der Waals surface area contributed by atoms with Gasteiger partial charge >= 0.3 is 0 Å². The fourth-order valence-corrected chi connectivity index (χ4v) is 8.95. The summed E-state index contributed by atoms with van der Waals surface area (Å²) in [6, 6.07) is 16.0. The first-order valence-corrected chi connectivity index (χ1v) is 15.6. The van der Waals surface area contributed by atoms with Gasteiger partial charge < -0.3 is 19.8 Å². The van der Waals surface area contributed by atoms with E-state index in [-0.39, 0.29) is 29.6 Å². The summed E-state index contributed by atoms with van der Waals surface area (Å²) in [5.74, 6) is -1.55. The first kappa shape index (κ1) is 28.1. The van der Waals surface area contributed by atoms with Crippen molar-refractivity contribution in [2.45, 2.75) is 41.7 Å². The van der Waals surface area contributed by atoms with Crippen molar-refractivity contribution in [3.63, 3.8) is 0 Å². The second-order valence-corrected chi connectivity index (χ2v) is 13.0. The van der Waals surface area contributed by atoms with Crippen LogP contribution in [0, 0.1) is 11.8 Å². The molecule has 1 N–H and O–H groups in total. The Morgan fingerprint density at radius 3 is 2.27 bits per heavy atom. The maximum absolute atomic E-state index is 14.5. The lowest BCUT2D eigenvalue weighted by atomic mass is 9.78. The Hall–Kier alpha value is -3.07. The largest absolute Gasteiger partial charge is 0.396 e. The monoisotopic (exact) mass is 591 g/mol. The molecule has 2 aromatic rings. The number of thioether (sulfide) groups is 1. The number of amides is 3. The SMILES string of the molecule is O=C1C2N(CCCCCCO)C(=O)[C@@H]3[C@H]4C(=O)N(c5ccccc5)CC=C[C@H]4S[C@]23C=CCN1c1ccc(Cl)cc1. The molecule has 0 saturated carbocycles. The number of carbonyl (C=O) groups excluding carboxylic acids is 3. The van der Waals surface area contributed by atoms with Crippen molar-refractivity contribution in [3.05, 3.63) is 83.9 Å². The number of unbranched alkanes of at least 4 members (excludes halogenated alkanes) is 3. The molecule has 4 aliphatic rings. The maximum atomic E-state index is 14.5. The molecule has 1 unspecified atom stereocenters. The molecule has 1 spiro atoms. The van der Waals surface area contributed by atoms with E-state index >= 15 is 0 Å². The van der Waals surface area contributed by atoms with Gasteiger partial charge in [0.1, 0.15) is 6.04 Å². The van der Waals surface area contributed by atoms with Crippen LogP contribution in [0.5, 0.6) is 0 Å². The Morgan fingerprint density at radius 1 is 0.829 bits per heavy atom. The van der Waals surface area contributed by atoms with Crippen LogP contribution in [0.15, 0.2) is 78.9 Å². The van der Waals surface area contributed by atoms with Crippen molar-refractivity contribution in [2.24, 2.45) is 11.8 Å². The highest BCUT2D eigenvalue weighted by Crippen LogP contribution is 2.61. The Balaban J connectivity index is 1.39. The van der Waals surface area contributed by atoms with E-state index in [2.05, 4.69) is 6.08 Å². The second kappa shape index (κ2) is 11.7. The van der Waals surface area contributed by atoms with Gasteiger partial charge in [-0.05, 0) is 49.2 Å². The third-order valence-corrected chi connectivity index (χ3v) is 10.7. The normalized spacial score (nSPS) is 28.9. The Morgan fingerprint density at radius 2 is 1.51 bits per heavy atom. The quantitative estimate of drug-likeness (QED) is 0.356. The van der Waals surface area contributed by atoms with E-state index < -0.39 is 22.6 Å². The molecule has 0 aromatic heterocycles. The van der Waals surface area contributed by atoms with E-state index in [1.807, 2.05) is 60.7 Å². The van der Waals surface area contributed by atoms with Crippen molar-refractivity contribution < 1.29 is 19.5 Å². The molecule has 0 radical (unpaired) electrons. The molecule has 2 fully saturated rings. The van der Waals surface area contributed by atoms with Gasteiger partial charge in [-0.15, -0.1) is 11.8 Å². The highest BCUT2D eigenvalue weighted by molar-refractivity contribution is 8.02. The molecular formula is C32H34ClN3O4S. The Kier molecular flexibility index (Phi) is 7.99. The molecule has 7 nitrogen and oxygen atoms in total. The average molecular weight is 592 g/mol. The number of benzene rings is 2. The van der Waals surface area contributed by atoms with Crippen LogP contribution in [-0.4, -0.2) is 70.0 Å². The zero-order valence-electron chi connectivity index (χ0n) is 22.8. The third kappa shape index (κ3) is 4.90. The van der Waals surface area contributed by atoms with Gasteiger partial charge in [0.25, 0.3) is 5.91 Å². The van der Waals surface area contributed by atoms with Gasteiger partial charge in [-0.3, -0.25) is 14.4 Å². The molecule has 9 heteroatoms. The smallest absolute Gasteiger partial charge is 0.251 e. The summed E-state index contributed by atoms with van der Waals surface area (Å²) in [6.45, 7) is 1.40. The van der Waals surface area contributed by atoms with Gasteiger partial charge in [-0.2, -0.15) is 0 Å². The number of likely N-dealkylation sites (tertiary alicyclic amines) is 1. The molecule has 214 valence electrons. The first-order valence-electron chi connectivity index (χ1n) is 14.3. The number of anilines is 2. The minimum atomic E-state index is -0.852. The first-order chi connectivity index (χ1) is 20.0. The molecule has 2 saturated heterocycles. The number of hydrogen-bond acceptors (Lipinski definition) is 5. The van der Waals surface area contributed by atoms with Gasteiger partial charge in [0.15, 0.2) is 0 Å². The number of nitrogens with zero attached hydrogens (tertiary/aromatic N) is 3. The zero-order chi connectivity index (χ0) is 28.6. The van der Waals surface area contributed by atoms with Gasteiger partial charge in [-0.1, -0.05) is 66.9 Å². The molecule has 5 atom stereocenters. The fourth-order valence-electron chi connectivity index (χ4n) is 6.82. The Bertz CT molecular complexity index is 1370. The van der Waals surface area contributed by atoms with Crippen LogP contribution in [0.25, 0.3) is 0 Å². The molecule has 41 heavy (non-hydrogen) atoms. The number of fused-ring (bicyclic) bond motifs is 2. The molecule has 2 aromatic carbocycles. The van der Waals surface area contributed by atoms with Gasteiger partial charge in [-0.25, -0.2) is 0 Å². The van der Waals surface area contributed by atoms with E-state index in [1.54, 1.807) is 38.6 Å². The van der Waals surface area contributed by atoms with Crippen LogP contribution in [0.3, 0.4) is 0 Å². The minimum Gasteiger partial charge on any atom is -0.396 e. The molecule has 4 aliphatic heterocycles. The summed E-state index contributed by atoms with van der Waals surface area (Å²) in [5, 5.41) is 9.57. The van der Waals surface area contributed by atoms with E-state index in [0.717, 1.165) is 30.6 Å². The number of carbonyl (C=O) groups is 3. The van der Waals surface area contributed by atoms with Crippen LogP contribution in [-0.2, 0) is 14.4 Å². The summed E-state index contributed by atoms with van der Waals surface area (Å²) in [4.78, 5) is 48.4. The van der Waals surface area contributed by atoms with Crippen molar-refractivity contribution in [3.8, 4) is 0 Å². The Labute approximate surface area is 249 Å². The number of halogens is 1. The predicted octanol–water partition coefficient (Wildman–Crippen LogP) is 4.70. The van der Waals surface area contributed by atoms with Crippen molar-refractivity contribution >= 4 is 52.5 Å². The lowest BCUT2D eigenvalue weighted by Crippen LogP contribution is -2.53. The number of rotatable bonds is 8. The van der Waals surface area contributed by atoms with E-state index in [9.17, 15) is 19.5 Å². The summed E-state index contributed by atoms with van der Waals surface area (Å²) in [5.41, 5.74) is 1.53. The topological polar surface area (TPSA) is 81.2 Å². The number of aliphatic hydroxyl groups excluding tert-OH is 1. The van der Waals surface area contributed by atoms with Crippen LogP contribution in [0.4, 0.5) is 11.4 Å². The molecule has 3 amide bonds. The predicted molar refractivity (Wildman–Crippen MR) is 163 cm³/mol. The highest BCUT2D eigenvalue weighted by Gasteiger charge is 2.71. The number of aliphatic hydroxyl groups is 1. The van der Waals surface area contributed by atoms with Crippen LogP contribution < -0.4 is 9.80 Å². The van der Waals surface area contributed by atoms with Crippen LogP contribution >= 0.6 is 23.4 Å². The lowest BCUT2D eigenvalue weighted by molar-refractivity contribution is -0.138. The zero-order valence-corrected chi connectivity index (χ0v) is 24.3. The van der Waals surface area contributed by atoms with E-state index in [0.29, 0.717) is 31.1 Å². The van der Waals surface area contributed by atoms with Crippen molar-refractivity contribution in [1.29, 1.82) is 0 Å². The maximum Gasteiger partial charge on any atom is 0.251 e. The second-order valence-electron chi connectivity index (χ2n) is 11.1. The number of hydrogen-bond donors (Lipinski definition) is 1. The highest BCUT2D eigenvalue weighted by atomic mass is 35.5. The average Bonchev–Trinajstić information content (AvgIpc) is 3.29. The van der Waals surface area contributed by atoms with Crippen LogP contribution in [0.1, 0.15) is 25.7 Å². The molecule has 4 heterocycles. The van der Waals surface area contributed by atoms with E-state index in [4.69, 9.17) is 11.6 Å². The van der Waals surface area contributed by atoms with E-state index in [1.165, 1.54) is 0 Å². The summed E-state index contributed by atoms with van der Waals surface area (Å²) < 4.78 is -0.852. The summed E-state index contributed by atoms with van der Waals surface area (Å²) >= 11 is 7.73. The van der Waals surface area contributed by atoms with Crippen LogP contribution in [0.2, 0.25) is 5.02 Å². The van der Waals surface area contributed by atoms with Gasteiger partial charge in [0, 0.05) is 47.9 Å². The molecule has 0 aliphatic carbocycles. The molecule has 6 rings (SSSR count). The third-order valence-electron chi connectivity index (χ3n) is 8.67. The fraction of sp³-hybridized carbons (Fsp3) is 0.406.